The number of hydrogen-bond acceptors (Lipinski definition) is 6. The van der Waals surface area contributed by atoms with E-state index >= 15 is 0 Å². The van der Waals surface area contributed by atoms with Gasteiger partial charge < -0.3 is 20.8 Å². The van der Waals surface area contributed by atoms with E-state index in [0.717, 1.165) is 6.07 Å². The van der Waals surface area contributed by atoms with Crippen LogP contribution in [-0.2, 0) is 14.6 Å². The van der Waals surface area contributed by atoms with Crippen molar-refractivity contribution in [3.63, 3.8) is 0 Å². The van der Waals surface area contributed by atoms with Gasteiger partial charge in [-0.2, -0.15) is 0 Å². The molecule has 0 aliphatic heterocycles. The van der Waals surface area contributed by atoms with Crippen molar-refractivity contribution in [1.82, 2.24) is 5.32 Å². The SMILES string of the molecule is CC(C)(C)C(=O)NCC(O)C[C@@]1(O)C2CC[C@H]1C[C@H](S(=O)(=O)c1cc(C(=O)Nc3cc(F)c(F)c(F)c3)ccc1Cl)C2. The van der Waals surface area contributed by atoms with Crippen LogP contribution < -0.4 is 10.6 Å². The zero-order valence-electron chi connectivity index (χ0n) is 23.4. The fourth-order valence-corrected chi connectivity index (χ4v) is 8.40. The van der Waals surface area contributed by atoms with Crippen molar-refractivity contribution in [2.45, 2.75) is 74.7 Å². The van der Waals surface area contributed by atoms with Gasteiger partial charge in [0.2, 0.25) is 5.91 Å². The number of fused-ring (bicyclic) bond motifs is 2. The number of sulfone groups is 1. The van der Waals surface area contributed by atoms with Crippen molar-refractivity contribution < 1.29 is 41.4 Å². The molecule has 2 unspecified atom stereocenters. The molecule has 0 aromatic heterocycles. The Kier molecular flexibility index (Phi) is 9.05. The molecule has 0 radical (unpaired) electrons. The quantitative estimate of drug-likeness (QED) is 0.315. The Labute approximate surface area is 247 Å². The predicted octanol–water partition coefficient (Wildman–Crippen LogP) is 4.62. The molecule has 2 saturated carbocycles. The summed E-state index contributed by atoms with van der Waals surface area (Å²) in [5.74, 6) is -6.66. The second-order valence-corrected chi connectivity index (χ2v) is 14.9. The van der Waals surface area contributed by atoms with Gasteiger partial charge in [0.1, 0.15) is 0 Å². The molecule has 2 aromatic rings. The van der Waals surface area contributed by atoms with Crippen LogP contribution in [-0.4, -0.2) is 53.9 Å². The molecule has 13 heteroatoms. The van der Waals surface area contributed by atoms with Gasteiger partial charge in [0, 0.05) is 41.8 Å². The molecule has 2 aromatic carbocycles. The largest absolute Gasteiger partial charge is 0.391 e. The molecule has 0 spiro atoms. The zero-order chi connectivity index (χ0) is 31.2. The molecule has 2 fully saturated rings. The Balaban J connectivity index is 1.48. The summed E-state index contributed by atoms with van der Waals surface area (Å²) in [4.78, 5) is 24.6. The van der Waals surface area contributed by atoms with Crippen LogP contribution in [0.15, 0.2) is 35.2 Å². The number of halogens is 4. The Morgan fingerprint density at radius 3 is 2.19 bits per heavy atom. The molecule has 4 N–H and O–H groups in total. The number of nitrogens with one attached hydrogen (secondary N) is 2. The summed E-state index contributed by atoms with van der Waals surface area (Å²) < 4.78 is 67.9. The summed E-state index contributed by atoms with van der Waals surface area (Å²) in [5.41, 5.74) is -2.46. The molecule has 2 amide bonds. The van der Waals surface area contributed by atoms with Gasteiger partial charge in [0.25, 0.3) is 5.91 Å². The minimum Gasteiger partial charge on any atom is -0.391 e. The van der Waals surface area contributed by atoms with E-state index in [-0.39, 0.29) is 52.9 Å². The average Bonchev–Trinajstić information content (AvgIpc) is 3.05. The lowest BCUT2D eigenvalue weighted by Crippen LogP contribution is -2.51. The number of amides is 2. The number of hydrogen-bond donors (Lipinski definition) is 4. The van der Waals surface area contributed by atoms with E-state index < -0.39 is 67.4 Å². The Morgan fingerprint density at radius 2 is 1.64 bits per heavy atom. The summed E-state index contributed by atoms with van der Waals surface area (Å²) in [6.45, 7) is 5.19. The molecule has 0 heterocycles. The lowest BCUT2D eigenvalue weighted by atomic mass is 9.71. The summed E-state index contributed by atoms with van der Waals surface area (Å²) in [6.07, 6.45) is 0.310. The van der Waals surface area contributed by atoms with Crippen molar-refractivity contribution in [2.24, 2.45) is 17.3 Å². The van der Waals surface area contributed by atoms with E-state index in [1.807, 2.05) is 0 Å². The van der Waals surface area contributed by atoms with Crippen molar-refractivity contribution in [1.29, 1.82) is 0 Å². The fourth-order valence-electron chi connectivity index (χ4n) is 6.00. The highest BCUT2D eigenvalue weighted by Crippen LogP contribution is 2.54. The molecule has 8 nitrogen and oxygen atoms in total. The number of benzene rings is 2. The van der Waals surface area contributed by atoms with Crippen LogP contribution >= 0.6 is 11.6 Å². The first-order chi connectivity index (χ1) is 19.4. The number of aliphatic hydroxyl groups is 2. The third-order valence-electron chi connectivity index (χ3n) is 8.29. The third kappa shape index (κ3) is 6.46. The topological polar surface area (TPSA) is 133 Å². The molecule has 42 heavy (non-hydrogen) atoms. The van der Waals surface area contributed by atoms with Crippen LogP contribution in [0, 0.1) is 34.7 Å². The van der Waals surface area contributed by atoms with Gasteiger partial charge in [-0.25, -0.2) is 21.6 Å². The normalized spacial score (nSPS) is 24.7. The number of carbonyl (C=O) groups is 2. The maximum absolute atomic E-state index is 13.8. The number of rotatable bonds is 8. The van der Waals surface area contributed by atoms with Gasteiger partial charge >= 0.3 is 0 Å². The van der Waals surface area contributed by atoms with E-state index in [0.29, 0.717) is 25.0 Å². The Bertz CT molecular complexity index is 1460. The Hall–Kier alpha value is -2.67. The van der Waals surface area contributed by atoms with Crippen molar-refractivity contribution in [2.75, 3.05) is 11.9 Å². The first-order valence-electron chi connectivity index (χ1n) is 13.6. The monoisotopic (exact) mass is 630 g/mol. The molecule has 0 saturated heterocycles. The fraction of sp³-hybridized carbons (Fsp3) is 0.517. The van der Waals surface area contributed by atoms with Gasteiger partial charge in [-0.15, -0.1) is 0 Å². The molecule has 4 rings (SSSR count). The number of anilines is 1. The lowest BCUT2D eigenvalue weighted by Gasteiger charge is -2.43. The maximum Gasteiger partial charge on any atom is 0.255 e. The maximum atomic E-state index is 13.8. The lowest BCUT2D eigenvalue weighted by molar-refractivity contribution is -0.129. The molecule has 2 aliphatic carbocycles. The smallest absolute Gasteiger partial charge is 0.255 e. The third-order valence-corrected chi connectivity index (χ3v) is 10.9. The van der Waals surface area contributed by atoms with Crippen LogP contribution in [0.3, 0.4) is 0 Å². The van der Waals surface area contributed by atoms with Crippen LogP contribution in [0.5, 0.6) is 0 Å². The van der Waals surface area contributed by atoms with Gasteiger partial charge in [0.05, 0.1) is 26.9 Å². The van der Waals surface area contributed by atoms with E-state index in [9.17, 15) is 41.4 Å². The standard InChI is InChI=1S/C29H34ClF3N2O6S/c1-28(2,3)27(38)34-14-19(36)13-29(39)16-5-6-17(29)10-20(9-16)42(40,41)24-8-15(4-7-21(24)30)26(37)35-18-11-22(31)25(33)23(32)12-18/h4,7-8,11-12,16-17,19-20,36,39H,5-6,9-10,13-14H2,1-3H3,(H,34,38)(H,35,37)/t16-,17?,19?,20-,29-/m0/s1. The zero-order valence-corrected chi connectivity index (χ0v) is 25.0. The molecule has 2 bridgehead atoms. The minimum absolute atomic E-state index is 0.0134. The van der Waals surface area contributed by atoms with E-state index in [1.165, 1.54) is 12.1 Å². The van der Waals surface area contributed by atoms with Crippen LogP contribution in [0.25, 0.3) is 0 Å². The first kappa shape index (κ1) is 32.2. The predicted molar refractivity (Wildman–Crippen MR) is 150 cm³/mol. The molecule has 5 atom stereocenters. The van der Waals surface area contributed by atoms with Gasteiger partial charge in [0.15, 0.2) is 27.3 Å². The second kappa shape index (κ2) is 11.8. The van der Waals surface area contributed by atoms with Crippen LogP contribution in [0.2, 0.25) is 5.02 Å². The summed E-state index contributed by atoms with van der Waals surface area (Å²) >= 11 is 6.26. The van der Waals surface area contributed by atoms with Crippen molar-refractivity contribution in [3.8, 4) is 0 Å². The average molecular weight is 631 g/mol. The van der Waals surface area contributed by atoms with Gasteiger partial charge in [-0.1, -0.05) is 32.4 Å². The first-order valence-corrected chi connectivity index (χ1v) is 15.5. The van der Waals surface area contributed by atoms with E-state index in [2.05, 4.69) is 10.6 Å². The Morgan fingerprint density at radius 1 is 1.07 bits per heavy atom. The second-order valence-electron chi connectivity index (χ2n) is 12.3. The van der Waals surface area contributed by atoms with Gasteiger partial charge in [-0.3, -0.25) is 9.59 Å². The number of carbonyl (C=O) groups excluding carboxylic acids is 2. The molecule has 2 aliphatic rings. The highest BCUT2D eigenvalue weighted by molar-refractivity contribution is 7.92. The molecule has 230 valence electrons. The summed E-state index contributed by atoms with van der Waals surface area (Å²) in [6, 6.07) is 4.74. The van der Waals surface area contributed by atoms with E-state index in [4.69, 9.17) is 11.6 Å². The van der Waals surface area contributed by atoms with Crippen LogP contribution in [0.1, 0.15) is 63.2 Å². The molecular formula is C29H34ClF3N2O6S. The van der Waals surface area contributed by atoms with E-state index in [1.54, 1.807) is 20.8 Å². The number of aliphatic hydroxyl groups excluding tert-OH is 1. The minimum atomic E-state index is -4.10. The highest BCUT2D eigenvalue weighted by Gasteiger charge is 2.56. The highest BCUT2D eigenvalue weighted by atomic mass is 35.5. The van der Waals surface area contributed by atoms with Crippen molar-refractivity contribution in [3.05, 3.63) is 58.4 Å². The summed E-state index contributed by atoms with van der Waals surface area (Å²) in [7, 11) is -4.10. The van der Waals surface area contributed by atoms with Crippen LogP contribution in [0.4, 0.5) is 18.9 Å². The molecular weight excluding hydrogens is 597 g/mol. The summed E-state index contributed by atoms with van der Waals surface area (Å²) in [5, 5.41) is 26.0. The van der Waals surface area contributed by atoms with Gasteiger partial charge in [-0.05, 0) is 55.7 Å². The van der Waals surface area contributed by atoms with Crippen molar-refractivity contribution >= 4 is 38.9 Å².